The van der Waals surface area contributed by atoms with Gasteiger partial charge in [0, 0.05) is 25.2 Å². The SMILES string of the molecule is CCCN(C(=O)c1coc(Br)c1)C1CCNC1.Cl. The van der Waals surface area contributed by atoms with Crippen LogP contribution in [0.15, 0.2) is 21.4 Å². The Bertz CT molecular complexity index is 391. The molecule has 1 amide bonds. The normalized spacial score (nSPS) is 18.4. The summed E-state index contributed by atoms with van der Waals surface area (Å²) in [5.41, 5.74) is 0.622. The molecular formula is C12H18BrClN2O2. The van der Waals surface area contributed by atoms with Gasteiger partial charge in [0.2, 0.25) is 0 Å². The quantitative estimate of drug-likeness (QED) is 0.919. The zero-order valence-electron chi connectivity index (χ0n) is 10.3. The number of carbonyl (C=O) groups excluding carboxylic acids is 1. The van der Waals surface area contributed by atoms with Crippen LogP contribution in [0.1, 0.15) is 30.1 Å². The maximum Gasteiger partial charge on any atom is 0.257 e. The van der Waals surface area contributed by atoms with Crippen LogP contribution in [0.25, 0.3) is 0 Å². The van der Waals surface area contributed by atoms with Gasteiger partial charge in [-0.15, -0.1) is 12.4 Å². The predicted molar refractivity (Wildman–Crippen MR) is 76.3 cm³/mol. The van der Waals surface area contributed by atoms with Gasteiger partial charge in [-0.3, -0.25) is 4.79 Å². The minimum Gasteiger partial charge on any atom is -0.457 e. The molecule has 0 aliphatic carbocycles. The van der Waals surface area contributed by atoms with Gasteiger partial charge < -0.3 is 14.6 Å². The topological polar surface area (TPSA) is 45.5 Å². The van der Waals surface area contributed by atoms with Crippen molar-refractivity contribution in [3.8, 4) is 0 Å². The second-order valence-corrected chi connectivity index (χ2v) is 5.07. The summed E-state index contributed by atoms with van der Waals surface area (Å²) in [6.45, 7) is 4.78. The lowest BCUT2D eigenvalue weighted by atomic mass is 10.1. The molecule has 1 atom stereocenters. The second kappa shape index (κ2) is 7.16. The van der Waals surface area contributed by atoms with Crippen LogP contribution in [-0.2, 0) is 0 Å². The molecular weight excluding hydrogens is 320 g/mol. The summed E-state index contributed by atoms with van der Waals surface area (Å²) in [5.74, 6) is 0.0648. The molecule has 0 saturated carbocycles. The van der Waals surface area contributed by atoms with Gasteiger partial charge in [-0.2, -0.15) is 0 Å². The van der Waals surface area contributed by atoms with E-state index in [2.05, 4.69) is 28.2 Å². The van der Waals surface area contributed by atoms with Crippen molar-refractivity contribution in [2.45, 2.75) is 25.8 Å². The molecule has 0 radical (unpaired) electrons. The van der Waals surface area contributed by atoms with E-state index in [0.717, 1.165) is 32.5 Å². The van der Waals surface area contributed by atoms with E-state index in [1.165, 1.54) is 6.26 Å². The number of rotatable bonds is 4. The lowest BCUT2D eigenvalue weighted by Gasteiger charge is -2.27. The van der Waals surface area contributed by atoms with Crippen LogP contribution >= 0.6 is 28.3 Å². The summed E-state index contributed by atoms with van der Waals surface area (Å²) in [5, 5.41) is 3.30. The minimum absolute atomic E-state index is 0. The number of halogens is 2. The van der Waals surface area contributed by atoms with Crippen molar-refractivity contribution in [3.63, 3.8) is 0 Å². The average molecular weight is 338 g/mol. The Morgan fingerprint density at radius 3 is 2.94 bits per heavy atom. The molecule has 0 spiro atoms. The fourth-order valence-corrected chi connectivity index (χ4v) is 2.52. The van der Waals surface area contributed by atoms with Crippen LogP contribution in [0.2, 0.25) is 0 Å². The summed E-state index contributed by atoms with van der Waals surface area (Å²) < 4.78 is 5.73. The molecule has 1 aliphatic heterocycles. The summed E-state index contributed by atoms with van der Waals surface area (Å²) in [4.78, 5) is 14.3. The van der Waals surface area contributed by atoms with E-state index < -0.39 is 0 Å². The molecule has 2 rings (SSSR count). The number of hydrogen-bond acceptors (Lipinski definition) is 3. The zero-order chi connectivity index (χ0) is 12.3. The van der Waals surface area contributed by atoms with E-state index in [0.29, 0.717) is 16.3 Å². The number of carbonyl (C=O) groups is 1. The third-order valence-corrected chi connectivity index (χ3v) is 3.43. The molecule has 2 heterocycles. The Labute approximate surface area is 122 Å². The van der Waals surface area contributed by atoms with Gasteiger partial charge in [0.15, 0.2) is 4.67 Å². The first-order valence-corrected chi connectivity index (χ1v) is 6.77. The number of nitrogens with one attached hydrogen (secondary N) is 1. The van der Waals surface area contributed by atoms with Gasteiger partial charge in [-0.1, -0.05) is 6.92 Å². The van der Waals surface area contributed by atoms with Crippen molar-refractivity contribution < 1.29 is 9.21 Å². The lowest BCUT2D eigenvalue weighted by Crippen LogP contribution is -2.41. The van der Waals surface area contributed by atoms with Gasteiger partial charge >= 0.3 is 0 Å². The van der Waals surface area contributed by atoms with E-state index in [-0.39, 0.29) is 18.3 Å². The van der Waals surface area contributed by atoms with E-state index in [4.69, 9.17) is 4.42 Å². The molecule has 1 N–H and O–H groups in total. The molecule has 0 aromatic carbocycles. The Morgan fingerprint density at radius 2 is 2.44 bits per heavy atom. The van der Waals surface area contributed by atoms with E-state index in [9.17, 15) is 4.79 Å². The number of nitrogens with zero attached hydrogens (tertiary/aromatic N) is 1. The van der Waals surface area contributed by atoms with Gasteiger partial charge in [-0.25, -0.2) is 0 Å². The molecule has 1 saturated heterocycles. The molecule has 1 unspecified atom stereocenters. The molecule has 0 bridgehead atoms. The fraction of sp³-hybridized carbons (Fsp3) is 0.583. The van der Waals surface area contributed by atoms with Gasteiger partial charge in [0.25, 0.3) is 5.91 Å². The Hall–Kier alpha value is -0.520. The minimum atomic E-state index is 0. The van der Waals surface area contributed by atoms with Crippen molar-refractivity contribution >= 4 is 34.2 Å². The smallest absolute Gasteiger partial charge is 0.257 e. The van der Waals surface area contributed by atoms with Crippen LogP contribution in [0.5, 0.6) is 0 Å². The van der Waals surface area contributed by atoms with E-state index in [1.54, 1.807) is 6.07 Å². The van der Waals surface area contributed by atoms with Crippen molar-refractivity contribution in [2.24, 2.45) is 0 Å². The third kappa shape index (κ3) is 3.49. The van der Waals surface area contributed by atoms with Crippen molar-refractivity contribution in [3.05, 3.63) is 22.6 Å². The molecule has 1 aromatic heterocycles. The predicted octanol–water partition coefficient (Wildman–Crippen LogP) is 2.68. The molecule has 1 fully saturated rings. The van der Waals surface area contributed by atoms with Crippen molar-refractivity contribution in [1.82, 2.24) is 10.2 Å². The maximum atomic E-state index is 12.4. The van der Waals surface area contributed by atoms with Gasteiger partial charge in [0.05, 0.1) is 5.56 Å². The molecule has 4 nitrogen and oxygen atoms in total. The average Bonchev–Trinajstić information content (AvgIpc) is 2.95. The van der Waals surface area contributed by atoms with E-state index >= 15 is 0 Å². The standard InChI is InChI=1S/C12H17BrN2O2.ClH/c1-2-5-15(10-3-4-14-7-10)12(16)9-6-11(13)17-8-9;/h6,8,10,14H,2-5,7H2,1H3;1H. The van der Waals surface area contributed by atoms with Gasteiger partial charge in [-0.05, 0) is 35.3 Å². The highest BCUT2D eigenvalue weighted by molar-refractivity contribution is 9.10. The molecule has 6 heteroatoms. The number of furan rings is 1. The monoisotopic (exact) mass is 336 g/mol. The lowest BCUT2D eigenvalue weighted by molar-refractivity contribution is 0.0691. The van der Waals surface area contributed by atoms with Gasteiger partial charge in [0.1, 0.15) is 6.26 Å². The zero-order valence-corrected chi connectivity index (χ0v) is 12.7. The first-order valence-electron chi connectivity index (χ1n) is 5.98. The van der Waals surface area contributed by atoms with Crippen LogP contribution < -0.4 is 5.32 Å². The summed E-state index contributed by atoms with van der Waals surface area (Å²) in [6, 6.07) is 2.05. The molecule has 18 heavy (non-hydrogen) atoms. The summed E-state index contributed by atoms with van der Waals surface area (Å²) in [6.07, 6.45) is 3.52. The molecule has 1 aromatic rings. The fourth-order valence-electron chi connectivity index (χ4n) is 2.18. The molecule has 1 aliphatic rings. The van der Waals surface area contributed by atoms with Crippen LogP contribution in [0.4, 0.5) is 0 Å². The number of amides is 1. The summed E-state index contributed by atoms with van der Waals surface area (Å²) >= 11 is 3.22. The highest BCUT2D eigenvalue weighted by atomic mass is 79.9. The largest absolute Gasteiger partial charge is 0.457 e. The van der Waals surface area contributed by atoms with Crippen LogP contribution in [-0.4, -0.2) is 36.5 Å². The van der Waals surface area contributed by atoms with Crippen LogP contribution in [0, 0.1) is 0 Å². The van der Waals surface area contributed by atoms with E-state index in [1.807, 2.05) is 4.90 Å². The highest BCUT2D eigenvalue weighted by Gasteiger charge is 2.27. The highest BCUT2D eigenvalue weighted by Crippen LogP contribution is 2.18. The Morgan fingerprint density at radius 1 is 1.67 bits per heavy atom. The summed E-state index contributed by atoms with van der Waals surface area (Å²) in [7, 11) is 0. The molecule has 102 valence electrons. The van der Waals surface area contributed by atoms with Crippen LogP contribution in [0.3, 0.4) is 0 Å². The van der Waals surface area contributed by atoms with Crippen molar-refractivity contribution in [2.75, 3.05) is 19.6 Å². The third-order valence-electron chi connectivity index (χ3n) is 3.01. The number of hydrogen-bond donors (Lipinski definition) is 1. The first kappa shape index (κ1) is 15.5. The Kier molecular flexibility index (Phi) is 6.18. The maximum absolute atomic E-state index is 12.4. The first-order chi connectivity index (χ1) is 8.22. The Balaban J connectivity index is 0.00000162. The van der Waals surface area contributed by atoms with Crippen molar-refractivity contribution in [1.29, 1.82) is 0 Å². The second-order valence-electron chi connectivity index (χ2n) is 4.28.